The van der Waals surface area contributed by atoms with Gasteiger partial charge in [-0.3, -0.25) is 0 Å². The molecule has 1 heteroatoms. The fourth-order valence-corrected chi connectivity index (χ4v) is 3.20. The van der Waals surface area contributed by atoms with Gasteiger partial charge < -0.3 is 4.57 Å². The fraction of sp³-hybridized carbons (Fsp3) is 0.182. The van der Waals surface area contributed by atoms with Crippen molar-refractivity contribution in [1.82, 2.24) is 4.57 Å². The molecular formula is C22H23N. The Bertz CT molecular complexity index is 894. The Morgan fingerprint density at radius 2 is 1.91 bits per heavy atom. The lowest BCUT2D eigenvalue weighted by molar-refractivity contribution is 1.06. The molecule has 116 valence electrons. The summed E-state index contributed by atoms with van der Waals surface area (Å²) >= 11 is 0. The summed E-state index contributed by atoms with van der Waals surface area (Å²) in [4.78, 5) is 0. The quantitative estimate of drug-likeness (QED) is 0.542. The van der Waals surface area contributed by atoms with Crippen molar-refractivity contribution >= 4 is 23.1 Å². The van der Waals surface area contributed by atoms with Gasteiger partial charge >= 0.3 is 0 Å². The van der Waals surface area contributed by atoms with Gasteiger partial charge in [-0.2, -0.15) is 0 Å². The third kappa shape index (κ3) is 2.53. The number of para-hydroxylation sites is 1. The van der Waals surface area contributed by atoms with E-state index in [0.717, 1.165) is 12.1 Å². The number of aromatic nitrogens is 1. The van der Waals surface area contributed by atoms with Crippen molar-refractivity contribution in [3.63, 3.8) is 0 Å². The topological polar surface area (TPSA) is 4.93 Å². The predicted octanol–water partition coefficient (Wildman–Crippen LogP) is 6.18. The van der Waals surface area contributed by atoms with E-state index in [1.165, 1.54) is 33.3 Å². The molecule has 3 rings (SSSR count). The molecule has 0 radical (unpaired) electrons. The van der Waals surface area contributed by atoms with E-state index in [-0.39, 0.29) is 0 Å². The molecule has 0 aliphatic heterocycles. The number of aryl methyl sites for hydroxylation is 2. The van der Waals surface area contributed by atoms with Gasteiger partial charge in [0, 0.05) is 16.6 Å². The zero-order valence-electron chi connectivity index (χ0n) is 14.1. The second kappa shape index (κ2) is 6.29. The van der Waals surface area contributed by atoms with Crippen molar-refractivity contribution in [1.29, 1.82) is 0 Å². The molecule has 0 atom stereocenters. The van der Waals surface area contributed by atoms with Crippen LogP contribution >= 0.6 is 0 Å². The molecule has 0 fully saturated rings. The lowest BCUT2D eigenvalue weighted by atomic mass is 10.1. The van der Waals surface area contributed by atoms with Crippen LogP contribution in [0.25, 0.3) is 28.7 Å². The van der Waals surface area contributed by atoms with Gasteiger partial charge in [-0.1, -0.05) is 56.0 Å². The van der Waals surface area contributed by atoms with Crippen molar-refractivity contribution in [2.24, 2.45) is 0 Å². The monoisotopic (exact) mass is 301 g/mol. The van der Waals surface area contributed by atoms with Crippen LogP contribution in [-0.4, -0.2) is 4.57 Å². The molecule has 1 heterocycles. The van der Waals surface area contributed by atoms with Crippen LogP contribution in [0.15, 0.2) is 55.1 Å². The molecule has 0 saturated heterocycles. The third-order valence-electron chi connectivity index (χ3n) is 4.40. The maximum absolute atomic E-state index is 4.07. The Morgan fingerprint density at radius 3 is 2.61 bits per heavy atom. The van der Waals surface area contributed by atoms with Gasteiger partial charge in [-0.25, -0.2) is 0 Å². The summed E-state index contributed by atoms with van der Waals surface area (Å²) in [6, 6.07) is 15.3. The zero-order chi connectivity index (χ0) is 16.4. The number of nitrogens with zero attached hydrogens (tertiary/aromatic N) is 1. The normalized spacial score (nSPS) is 11.4. The molecule has 2 aromatic carbocycles. The molecule has 0 amide bonds. The van der Waals surface area contributed by atoms with Crippen LogP contribution in [0, 0.1) is 6.92 Å². The molecular weight excluding hydrogens is 278 g/mol. The number of rotatable bonds is 4. The highest BCUT2D eigenvalue weighted by Gasteiger charge is 2.15. The minimum atomic E-state index is 1.04. The minimum absolute atomic E-state index is 1.04. The van der Waals surface area contributed by atoms with E-state index in [4.69, 9.17) is 0 Å². The molecule has 1 aromatic heterocycles. The predicted molar refractivity (Wildman–Crippen MR) is 102 cm³/mol. The highest BCUT2D eigenvalue weighted by atomic mass is 15.0. The fourth-order valence-electron chi connectivity index (χ4n) is 3.20. The van der Waals surface area contributed by atoms with E-state index in [0.29, 0.717) is 0 Å². The Kier molecular flexibility index (Phi) is 4.20. The van der Waals surface area contributed by atoms with Crippen molar-refractivity contribution in [2.45, 2.75) is 27.2 Å². The first-order chi connectivity index (χ1) is 11.2. The van der Waals surface area contributed by atoms with Gasteiger partial charge in [-0.05, 0) is 49.6 Å². The Hall–Kier alpha value is -2.54. The van der Waals surface area contributed by atoms with E-state index in [1.807, 2.05) is 6.08 Å². The van der Waals surface area contributed by atoms with Gasteiger partial charge in [0.05, 0.1) is 11.2 Å². The number of hydrogen-bond acceptors (Lipinski definition) is 0. The molecule has 0 bridgehead atoms. The molecule has 0 N–H and O–H groups in total. The van der Waals surface area contributed by atoms with Crippen molar-refractivity contribution in [2.75, 3.05) is 0 Å². The van der Waals surface area contributed by atoms with E-state index in [2.05, 4.69) is 86.5 Å². The van der Waals surface area contributed by atoms with Crippen LogP contribution in [-0.2, 0) is 6.42 Å². The highest BCUT2D eigenvalue weighted by Crippen LogP contribution is 2.32. The first kappa shape index (κ1) is 15.4. The minimum Gasteiger partial charge on any atom is -0.309 e. The SMILES string of the molecule is C=Cc1c(/C=C\C)c2ccccc2n1-c1cc(CC)ccc1C. The van der Waals surface area contributed by atoms with Crippen molar-refractivity contribution in [3.8, 4) is 5.69 Å². The lowest BCUT2D eigenvalue weighted by Crippen LogP contribution is -2.00. The highest BCUT2D eigenvalue weighted by molar-refractivity contribution is 5.95. The summed E-state index contributed by atoms with van der Waals surface area (Å²) in [5, 5.41) is 1.27. The van der Waals surface area contributed by atoms with Crippen LogP contribution < -0.4 is 0 Å². The summed E-state index contributed by atoms with van der Waals surface area (Å²) in [7, 11) is 0. The average molecular weight is 301 g/mol. The summed E-state index contributed by atoms with van der Waals surface area (Å²) in [6.07, 6.45) is 7.27. The van der Waals surface area contributed by atoms with Crippen LogP contribution in [0.1, 0.15) is 36.2 Å². The number of fused-ring (bicyclic) bond motifs is 1. The van der Waals surface area contributed by atoms with Gasteiger partial charge in [0.25, 0.3) is 0 Å². The van der Waals surface area contributed by atoms with Gasteiger partial charge in [-0.15, -0.1) is 0 Å². The number of hydrogen-bond donors (Lipinski definition) is 0. The molecule has 3 aromatic rings. The molecule has 0 aliphatic rings. The van der Waals surface area contributed by atoms with Crippen LogP contribution in [0.5, 0.6) is 0 Å². The zero-order valence-corrected chi connectivity index (χ0v) is 14.1. The summed E-state index contributed by atoms with van der Waals surface area (Å²) in [6.45, 7) is 10.5. The van der Waals surface area contributed by atoms with Crippen LogP contribution in [0.2, 0.25) is 0 Å². The molecule has 23 heavy (non-hydrogen) atoms. The molecule has 0 saturated carbocycles. The molecule has 0 aliphatic carbocycles. The molecule has 1 nitrogen and oxygen atoms in total. The molecule has 0 unspecified atom stereocenters. The Labute approximate surface area is 138 Å². The van der Waals surface area contributed by atoms with E-state index in [9.17, 15) is 0 Å². The number of benzene rings is 2. The first-order valence-corrected chi connectivity index (χ1v) is 8.19. The maximum atomic E-state index is 4.07. The second-order valence-electron chi connectivity index (χ2n) is 5.83. The maximum Gasteiger partial charge on any atom is 0.0541 e. The molecule has 0 spiro atoms. The van der Waals surface area contributed by atoms with Crippen LogP contribution in [0.3, 0.4) is 0 Å². The van der Waals surface area contributed by atoms with E-state index in [1.54, 1.807) is 0 Å². The average Bonchev–Trinajstić information content (AvgIpc) is 2.89. The largest absolute Gasteiger partial charge is 0.309 e. The summed E-state index contributed by atoms with van der Waals surface area (Å²) in [5.74, 6) is 0. The Morgan fingerprint density at radius 1 is 1.13 bits per heavy atom. The van der Waals surface area contributed by atoms with E-state index < -0.39 is 0 Å². The van der Waals surface area contributed by atoms with Crippen LogP contribution in [0.4, 0.5) is 0 Å². The van der Waals surface area contributed by atoms with Gasteiger partial charge in [0.15, 0.2) is 0 Å². The summed E-state index contributed by atoms with van der Waals surface area (Å²) < 4.78 is 2.34. The second-order valence-corrected chi connectivity index (χ2v) is 5.83. The summed E-state index contributed by atoms with van der Waals surface area (Å²) in [5.41, 5.74) is 7.49. The first-order valence-electron chi connectivity index (χ1n) is 8.19. The number of allylic oxidation sites excluding steroid dienone is 1. The van der Waals surface area contributed by atoms with Gasteiger partial charge in [0.1, 0.15) is 0 Å². The van der Waals surface area contributed by atoms with Gasteiger partial charge in [0.2, 0.25) is 0 Å². The van der Waals surface area contributed by atoms with Crippen molar-refractivity contribution in [3.05, 3.63) is 77.5 Å². The standard InChI is InChI=1S/C22H23N/c1-5-10-18-19-11-8-9-12-21(19)23(20(18)7-3)22-15-17(6-2)14-13-16(22)4/h5,7-15H,3,6H2,1-2,4H3/b10-5-. The smallest absolute Gasteiger partial charge is 0.0541 e. The Balaban J connectivity index is 2.44. The third-order valence-corrected chi connectivity index (χ3v) is 4.40. The van der Waals surface area contributed by atoms with Crippen molar-refractivity contribution < 1.29 is 0 Å². The lowest BCUT2D eigenvalue weighted by Gasteiger charge is -2.14. The van der Waals surface area contributed by atoms with E-state index >= 15 is 0 Å².